The summed E-state index contributed by atoms with van der Waals surface area (Å²) < 4.78 is 10.9. The van der Waals surface area contributed by atoms with E-state index in [1.807, 2.05) is 30.3 Å². The minimum Gasteiger partial charge on any atom is -0.370 e. The second-order valence-corrected chi connectivity index (χ2v) is 3.86. The summed E-state index contributed by atoms with van der Waals surface area (Å²) in [5, 5.41) is 9.35. The van der Waals surface area contributed by atoms with E-state index < -0.39 is 6.29 Å². The molecule has 1 fully saturated rings. The Bertz CT molecular complexity index is 336. The molecule has 3 heteroatoms. The van der Waals surface area contributed by atoms with E-state index >= 15 is 0 Å². The van der Waals surface area contributed by atoms with Crippen LogP contribution in [0.1, 0.15) is 12.0 Å². The van der Waals surface area contributed by atoms with E-state index in [0.29, 0.717) is 13.0 Å². The topological polar surface area (TPSA) is 38.7 Å². The van der Waals surface area contributed by atoms with E-state index in [2.05, 4.69) is 6.58 Å². The molecule has 1 N–H and O–H groups in total. The second kappa shape index (κ2) is 5.25. The first-order valence-electron chi connectivity index (χ1n) is 5.41. The molecule has 0 radical (unpaired) electrons. The van der Waals surface area contributed by atoms with Gasteiger partial charge in [0.1, 0.15) is 6.10 Å². The molecular formula is C13H16O3. The van der Waals surface area contributed by atoms with Crippen molar-refractivity contribution in [3.8, 4) is 0 Å². The van der Waals surface area contributed by atoms with Gasteiger partial charge in [-0.25, -0.2) is 0 Å². The SMILES string of the molecule is C=C[C@H]1O[C@H](O)C[C@H]1OCc1ccccc1. The number of ether oxygens (including phenoxy) is 2. The van der Waals surface area contributed by atoms with E-state index in [-0.39, 0.29) is 12.2 Å². The van der Waals surface area contributed by atoms with Crippen LogP contribution >= 0.6 is 0 Å². The largest absolute Gasteiger partial charge is 0.370 e. The number of hydrogen-bond acceptors (Lipinski definition) is 3. The van der Waals surface area contributed by atoms with Crippen LogP contribution in [0.4, 0.5) is 0 Å². The molecule has 86 valence electrons. The smallest absolute Gasteiger partial charge is 0.158 e. The highest BCUT2D eigenvalue weighted by molar-refractivity contribution is 5.13. The highest BCUT2D eigenvalue weighted by Gasteiger charge is 2.32. The van der Waals surface area contributed by atoms with Crippen LogP contribution in [0.3, 0.4) is 0 Å². The van der Waals surface area contributed by atoms with Crippen LogP contribution in [0.25, 0.3) is 0 Å². The summed E-state index contributed by atoms with van der Waals surface area (Å²) in [7, 11) is 0. The molecule has 1 saturated heterocycles. The lowest BCUT2D eigenvalue weighted by molar-refractivity contribution is -0.0833. The van der Waals surface area contributed by atoms with Gasteiger partial charge in [0.25, 0.3) is 0 Å². The summed E-state index contributed by atoms with van der Waals surface area (Å²) in [5.74, 6) is 0. The molecule has 1 aliphatic rings. The highest BCUT2D eigenvalue weighted by atomic mass is 16.6. The Balaban J connectivity index is 1.88. The molecule has 0 aliphatic carbocycles. The normalized spacial score (nSPS) is 29.2. The van der Waals surface area contributed by atoms with Crippen LogP contribution in [0, 0.1) is 0 Å². The van der Waals surface area contributed by atoms with Gasteiger partial charge in [-0.2, -0.15) is 0 Å². The number of benzene rings is 1. The average Bonchev–Trinajstić information content (AvgIpc) is 2.68. The van der Waals surface area contributed by atoms with Gasteiger partial charge >= 0.3 is 0 Å². The lowest BCUT2D eigenvalue weighted by Crippen LogP contribution is -2.21. The molecule has 1 aromatic carbocycles. The number of aliphatic hydroxyl groups excluding tert-OH is 1. The highest BCUT2D eigenvalue weighted by Crippen LogP contribution is 2.23. The predicted octanol–water partition coefficient (Wildman–Crippen LogP) is 1.87. The molecule has 0 unspecified atom stereocenters. The maximum Gasteiger partial charge on any atom is 0.158 e. The monoisotopic (exact) mass is 220 g/mol. The van der Waals surface area contributed by atoms with Crippen molar-refractivity contribution in [1.29, 1.82) is 0 Å². The third-order valence-electron chi connectivity index (χ3n) is 2.65. The Morgan fingerprint density at radius 3 is 2.88 bits per heavy atom. The summed E-state index contributed by atoms with van der Waals surface area (Å²) in [4.78, 5) is 0. The lowest BCUT2D eigenvalue weighted by atomic mass is 10.2. The van der Waals surface area contributed by atoms with Gasteiger partial charge < -0.3 is 14.6 Å². The van der Waals surface area contributed by atoms with Crippen molar-refractivity contribution in [2.75, 3.05) is 0 Å². The van der Waals surface area contributed by atoms with Crippen molar-refractivity contribution in [3.63, 3.8) is 0 Å². The zero-order valence-electron chi connectivity index (χ0n) is 9.08. The van der Waals surface area contributed by atoms with Gasteiger partial charge in [-0.15, -0.1) is 6.58 Å². The Hall–Kier alpha value is -1.16. The van der Waals surface area contributed by atoms with Gasteiger partial charge in [-0.05, 0) is 5.56 Å². The Kier molecular flexibility index (Phi) is 3.72. The number of aliphatic hydroxyl groups is 1. The summed E-state index contributed by atoms with van der Waals surface area (Å²) >= 11 is 0. The Morgan fingerprint density at radius 1 is 1.44 bits per heavy atom. The molecule has 1 aliphatic heterocycles. The van der Waals surface area contributed by atoms with Crippen LogP contribution in [-0.2, 0) is 16.1 Å². The Morgan fingerprint density at radius 2 is 2.19 bits per heavy atom. The summed E-state index contributed by atoms with van der Waals surface area (Å²) in [6, 6.07) is 9.94. The average molecular weight is 220 g/mol. The van der Waals surface area contributed by atoms with Gasteiger partial charge in [0.15, 0.2) is 6.29 Å². The molecule has 1 aromatic rings. The molecule has 0 saturated carbocycles. The molecule has 0 bridgehead atoms. The maximum absolute atomic E-state index is 9.35. The fourth-order valence-electron chi connectivity index (χ4n) is 1.81. The van der Waals surface area contributed by atoms with E-state index in [0.717, 1.165) is 5.56 Å². The minimum atomic E-state index is -0.733. The standard InChI is InChI=1S/C13H16O3/c1-2-11-12(8-13(14)16-11)15-9-10-6-4-3-5-7-10/h2-7,11-14H,1,8-9H2/t11-,12-,13+/m1/s1. The van der Waals surface area contributed by atoms with Gasteiger partial charge in [0, 0.05) is 6.42 Å². The Labute approximate surface area is 95.3 Å². The van der Waals surface area contributed by atoms with Gasteiger partial charge in [-0.1, -0.05) is 36.4 Å². The molecule has 1 heterocycles. The summed E-state index contributed by atoms with van der Waals surface area (Å²) in [6.45, 7) is 4.20. The van der Waals surface area contributed by atoms with Crippen molar-refractivity contribution in [3.05, 3.63) is 48.6 Å². The van der Waals surface area contributed by atoms with Crippen LogP contribution in [-0.4, -0.2) is 23.6 Å². The zero-order valence-corrected chi connectivity index (χ0v) is 9.08. The fourth-order valence-corrected chi connectivity index (χ4v) is 1.81. The lowest BCUT2D eigenvalue weighted by Gasteiger charge is -2.15. The zero-order chi connectivity index (χ0) is 11.4. The van der Waals surface area contributed by atoms with Crippen molar-refractivity contribution in [2.45, 2.75) is 31.5 Å². The van der Waals surface area contributed by atoms with Crippen LogP contribution < -0.4 is 0 Å². The molecule has 3 nitrogen and oxygen atoms in total. The minimum absolute atomic E-state index is 0.104. The summed E-state index contributed by atoms with van der Waals surface area (Å²) in [5.41, 5.74) is 1.12. The molecule has 2 rings (SSSR count). The molecule has 3 atom stereocenters. The fraction of sp³-hybridized carbons (Fsp3) is 0.385. The van der Waals surface area contributed by atoms with E-state index in [9.17, 15) is 5.11 Å². The van der Waals surface area contributed by atoms with Gasteiger partial charge in [-0.3, -0.25) is 0 Å². The van der Waals surface area contributed by atoms with Crippen molar-refractivity contribution in [2.24, 2.45) is 0 Å². The molecule has 16 heavy (non-hydrogen) atoms. The first kappa shape index (κ1) is 11.3. The van der Waals surface area contributed by atoms with Gasteiger partial charge in [0.05, 0.1) is 12.7 Å². The first-order valence-corrected chi connectivity index (χ1v) is 5.41. The van der Waals surface area contributed by atoms with Crippen molar-refractivity contribution in [1.82, 2.24) is 0 Å². The molecule has 0 aromatic heterocycles. The van der Waals surface area contributed by atoms with Crippen LogP contribution in [0.5, 0.6) is 0 Å². The number of hydrogen-bond donors (Lipinski definition) is 1. The molecular weight excluding hydrogens is 204 g/mol. The third kappa shape index (κ3) is 2.70. The third-order valence-corrected chi connectivity index (χ3v) is 2.65. The van der Waals surface area contributed by atoms with E-state index in [4.69, 9.17) is 9.47 Å². The van der Waals surface area contributed by atoms with Crippen LogP contribution in [0.15, 0.2) is 43.0 Å². The van der Waals surface area contributed by atoms with E-state index in [1.54, 1.807) is 6.08 Å². The second-order valence-electron chi connectivity index (χ2n) is 3.86. The van der Waals surface area contributed by atoms with Crippen molar-refractivity contribution >= 4 is 0 Å². The maximum atomic E-state index is 9.35. The summed E-state index contributed by atoms with van der Waals surface area (Å²) in [6.07, 6.45) is 1.13. The quantitative estimate of drug-likeness (QED) is 0.787. The van der Waals surface area contributed by atoms with Crippen molar-refractivity contribution < 1.29 is 14.6 Å². The van der Waals surface area contributed by atoms with Crippen LogP contribution in [0.2, 0.25) is 0 Å². The predicted molar refractivity (Wildman–Crippen MR) is 60.7 cm³/mol. The number of rotatable bonds is 4. The first-order chi connectivity index (χ1) is 7.79. The van der Waals surface area contributed by atoms with Gasteiger partial charge in [0.2, 0.25) is 0 Å². The molecule has 0 amide bonds. The van der Waals surface area contributed by atoms with E-state index in [1.165, 1.54) is 0 Å². The molecule has 0 spiro atoms.